The first-order chi connectivity index (χ1) is 11.3. The standard InChI is InChI=1S/C18H14N4O/c23-22(16-11-5-2-6-12-16)21-18-14-8-7-13-17(18)20-19-15-9-3-1-4-10-15/h1-14H. The summed E-state index contributed by atoms with van der Waals surface area (Å²) >= 11 is 0. The number of hydrogen-bond acceptors (Lipinski definition) is 4. The average molecular weight is 302 g/mol. The summed E-state index contributed by atoms with van der Waals surface area (Å²) in [6, 6.07) is 25.4. The van der Waals surface area contributed by atoms with Crippen molar-refractivity contribution < 1.29 is 4.86 Å². The molecule has 3 rings (SSSR count). The molecule has 0 spiro atoms. The fraction of sp³-hybridized carbons (Fsp3) is 0. The van der Waals surface area contributed by atoms with Crippen LogP contribution in [0.15, 0.2) is 100 Å². The fourth-order valence-electron chi connectivity index (χ4n) is 1.95. The molecule has 5 heteroatoms. The van der Waals surface area contributed by atoms with E-state index >= 15 is 0 Å². The highest BCUT2D eigenvalue weighted by Crippen LogP contribution is 2.30. The SMILES string of the molecule is [O-][N+](=Nc1ccccc1N=Nc1ccccc1)c1ccccc1. The minimum atomic E-state index is 0.460. The third-order valence-corrected chi connectivity index (χ3v) is 3.09. The van der Waals surface area contributed by atoms with Gasteiger partial charge in [0.05, 0.1) is 5.69 Å². The van der Waals surface area contributed by atoms with Crippen molar-refractivity contribution in [2.45, 2.75) is 0 Å². The molecule has 0 fully saturated rings. The van der Waals surface area contributed by atoms with Gasteiger partial charge in [0.25, 0.3) is 0 Å². The average Bonchev–Trinajstić information content (AvgIpc) is 2.62. The Kier molecular flexibility index (Phi) is 4.49. The van der Waals surface area contributed by atoms with E-state index in [0.717, 1.165) is 5.69 Å². The quantitative estimate of drug-likeness (QED) is 0.330. The maximum absolute atomic E-state index is 12.1. The highest BCUT2D eigenvalue weighted by atomic mass is 16.5. The summed E-state index contributed by atoms with van der Waals surface area (Å²) in [6.45, 7) is 0. The fourth-order valence-corrected chi connectivity index (χ4v) is 1.95. The smallest absolute Gasteiger partial charge is 0.244 e. The Balaban J connectivity index is 1.91. The van der Waals surface area contributed by atoms with Crippen molar-refractivity contribution in [1.29, 1.82) is 0 Å². The van der Waals surface area contributed by atoms with Gasteiger partial charge in [0.15, 0.2) is 5.69 Å². The monoisotopic (exact) mass is 302 g/mol. The van der Waals surface area contributed by atoms with E-state index in [9.17, 15) is 5.21 Å². The zero-order chi connectivity index (χ0) is 15.9. The first-order valence-corrected chi connectivity index (χ1v) is 7.13. The number of rotatable bonds is 4. The van der Waals surface area contributed by atoms with E-state index in [1.165, 1.54) is 0 Å². The van der Waals surface area contributed by atoms with Crippen LogP contribution < -0.4 is 0 Å². The van der Waals surface area contributed by atoms with E-state index in [1.54, 1.807) is 42.5 Å². The van der Waals surface area contributed by atoms with Crippen LogP contribution in [0.2, 0.25) is 0 Å². The van der Waals surface area contributed by atoms with Crippen molar-refractivity contribution in [3.63, 3.8) is 0 Å². The number of azo groups is 2. The second-order valence-electron chi connectivity index (χ2n) is 4.73. The lowest BCUT2D eigenvalue weighted by Crippen LogP contribution is -1.89. The molecule has 3 aromatic carbocycles. The molecule has 0 aliphatic carbocycles. The van der Waals surface area contributed by atoms with Gasteiger partial charge >= 0.3 is 0 Å². The summed E-state index contributed by atoms with van der Waals surface area (Å²) in [6.07, 6.45) is 0. The van der Waals surface area contributed by atoms with Gasteiger partial charge < -0.3 is 5.21 Å². The first kappa shape index (κ1) is 14.6. The van der Waals surface area contributed by atoms with Crippen LogP contribution in [-0.4, -0.2) is 4.86 Å². The van der Waals surface area contributed by atoms with Gasteiger partial charge in [-0.3, -0.25) is 0 Å². The molecule has 0 aliphatic rings. The van der Waals surface area contributed by atoms with Gasteiger partial charge in [-0.05, 0) is 24.3 Å². The molecule has 0 bridgehead atoms. The summed E-state index contributed by atoms with van der Waals surface area (Å²) in [5, 5.41) is 24.5. The van der Waals surface area contributed by atoms with Gasteiger partial charge in [-0.2, -0.15) is 5.11 Å². The molecule has 23 heavy (non-hydrogen) atoms. The van der Waals surface area contributed by atoms with Crippen LogP contribution >= 0.6 is 0 Å². The summed E-state index contributed by atoms with van der Waals surface area (Å²) in [4.78, 5) is 0.580. The van der Waals surface area contributed by atoms with E-state index in [2.05, 4.69) is 15.3 Å². The van der Waals surface area contributed by atoms with E-state index in [-0.39, 0.29) is 0 Å². The van der Waals surface area contributed by atoms with Gasteiger partial charge in [-0.1, -0.05) is 53.4 Å². The topological polar surface area (TPSA) is 63.1 Å². The Morgan fingerprint density at radius 2 is 1.17 bits per heavy atom. The predicted octanol–water partition coefficient (Wildman–Crippen LogP) is 6.03. The summed E-state index contributed by atoms with van der Waals surface area (Å²) in [5.74, 6) is 0. The number of benzene rings is 3. The van der Waals surface area contributed by atoms with Gasteiger partial charge in [-0.15, -0.1) is 5.11 Å². The van der Waals surface area contributed by atoms with Crippen LogP contribution in [0.5, 0.6) is 0 Å². The maximum atomic E-state index is 12.1. The summed E-state index contributed by atoms with van der Waals surface area (Å²) in [5.41, 5.74) is 2.20. The lowest BCUT2D eigenvalue weighted by molar-refractivity contribution is -0.435. The number of hydrogen-bond donors (Lipinski definition) is 0. The lowest BCUT2D eigenvalue weighted by Gasteiger charge is -2.01. The first-order valence-electron chi connectivity index (χ1n) is 7.13. The minimum Gasteiger partial charge on any atom is -0.594 e. The van der Waals surface area contributed by atoms with Crippen molar-refractivity contribution in [1.82, 2.24) is 0 Å². The summed E-state index contributed by atoms with van der Waals surface area (Å²) in [7, 11) is 0. The Bertz CT molecular complexity index is 830. The van der Waals surface area contributed by atoms with Crippen molar-refractivity contribution in [3.8, 4) is 0 Å². The van der Waals surface area contributed by atoms with Crippen molar-refractivity contribution in [2.24, 2.45) is 15.3 Å². The van der Waals surface area contributed by atoms with Crippen molar-refractivity contribution in [2.75, 3.05) is 0 Å². The molecule has 3 aromatic rings. The Labute approximate surface area is 133 Å². The predicted molar refractivity (Wildman–Crippen MR) is 88.9 cm³/mol. The minimum absolute atomic E-state index is 0.460. The molecule has 0 amide bonds. The highest BCUT2D eigenvalue weighted by molar-refractivity contribution is 5.60. The number of para-hydroxylation sites is 1. The highest BCUT2D eigenvalue weighted by Gasteiger charge is 2.06. The Morgan fingerprint density at radius 3 is 1.87 bits per heavy atom. The zero-order valence-corrected chi connectivity index (χ0v) is 12.3. The molecule has 0 aromatic heterocycles. The van der Waals surface area contributed by atoms with Crippen LogP contribution in [-0.2, 0) is 0 Å². The van der Waals surface area contributed by atoms with Gasteiger partial charge in [0.2, 0.25) is 5.69 Å². The van der Waals surface area contributed by atoms with Gasteiger partial charge in [0, 0.05) is 17.2 Å². The van der Waals surface area contributed by atoms with E-state index in [4.69, 9.17) is 0 Å². The molecule has 0 saturated carbocycles. The molecule has 0 aliphatic heterocycles. The largest absolute Gasteiger partial charge is 0.594 e. The van der Waals surface area contributed by atoms with E-state index < -0.39 is 0 Å². The van der Waals surface area contributed by atoms with Crippen molar-refractivity contribution >= 4 is 22.7 Å². The second kappa shape index (κ2) is 7.09. The summed E-state index contributed by atoms with van der Waals surface area (Å²) < 4.78 is 0. The molecule has 0 unspecified atom stereocenters. The van der Waals surface area contributed by atoms with Gasteiger partial charge in [0.1, 0.15) is 5.69 Å². The van der Waals surface area contributed by atoms with E-state index in [1.807, 2.05) is 42.5 Å². The zero-order valence-electron chi connectivity index (χ0n) is 12.3. The molecule has 5 nitrogen and oxygen atoms in total. The van der Waals surface area contributed by atoms with E-state index in [0.29, 0.717) is 21.9 Å². The van der Waals surface area contributed by atoms with Gasteiger partial charge in [-0.25, -0.2) is 0 Å². The normalized spacial score (nSPS) is 11.7. The van der Waals surface area contributed by atoms with Crippen LogP contribution in [0.25, 0.3) is 0 Å². The second-order valence-corrected chi connectivity index (χ2v) is 4.73. The van der Waals surface area contributed by atoms with Crippen LogP contribution in [0.3, 0.4) is 0 Å². The third-order valence-electron chi connectivity index (χ3n) is 3.09. The Morgan fingerprint density at radius 1 is 0.609 bits per heavy atom. The lowest BCUT2D eigenvalue weighted by atomic mass is 10.3. The molecule has 0 N–H and O–H groups in total. The molecule has 112 valence electrons. The maximum Gasteiger partial charge on any atom is 0.244 e. The number of nitrogens with zero attached hydrogens (tertiary/aromatic N) is 4. The molecule has 0 atom stereocenters. The van der Waals surface area contributed by atoms with Crippen molar-refractivity contribution in [3.05, 3.63) is 90.1 Å². The van der Waals surface area contributed by atoms with Crippen LogP contribution in [0.1, 0.15) is 0 Å². The van der Waals surface area contributed by atoms with Crippen LogP contribution in [0.4, 0.5) is 22.7 Å². The third kappa shape index (κ3) is 3.85. The molecular weight excluding hydrogens is 288 g/mol. The molecule has 0 radical (unpaired) electrons. The molecule has 0 saturated heterocycles. The molecular formula is C18H14N4O. The Hall–Kier alpha value is -3.34. The molecule has 0 heterocycles. The van der Waals surface area contributed by atoms with Crippen LogP contribution in [0, 0.1) is 5.21 Å².